The molecule has 6 nitrogen and oxygen atoms in total. The molecule has 20 heavy (non-hydrogen) atoms. The molecule has 0 saturated heterocycles. The van der Waals surface area contributed by atoms with E-state index in [0.717, 1.165) is 0 Å². The molecule has 0 aliphatic rings. The zero-order valence-electron chi connectivity index (χ0n) is 10.1. The van der Waals surface area contributed by atoms with Gasteiger partial charge in [0.2, 0.25) is 0 Å². The first-order valence-electron chi connectivity index (χ1n) is 5.56. The van der Waals surface area contributed by atoms with Crippen LogP contribution in [0.4, 0.5) is 11.4 Å². The molecule has 0 heterocycles. The highest BCUT2D eigenvalue weighted by Crippen LogP contribution is 2.21. The lowest BCUT2D eigenvalue weighted by Gasteiger charge is -1.96. The van der Waals surface area contributed by atoms with Gasteiger partial charge in [-0.1, -0.05) is 12.1 Å². The second-order valence-electron chi connectivity index (χ2n) is 3.80. The van der Waals surface area contributed by atoms with Crippen molar-refractivity contribution < 1.29 is 19.0 Å². The molecule has 0 amide bonds. The molecule has 0 bridgehead atoms. The number of azo groups is 1. The predicted octanol–water partition coefficient (Wildman–Crippen LogP) is 3.60. The van der Waals surface area contributed by atoms with E-state index in [-0.39, 0.29) is 16.6 Å². The van der Waals surface area contributed by atoms with Crippen LogP contribution in [0.5, 0.6) is 0 Å². The number of hydrogen-bond acceptors (Lipinski definition) is 5. The molecule has 1 N–H and O–H groups in total. The van der Waals surface area contributed by atoms with Crippen LogP contribution in [0, 0.1) is 0 Å². The van der Waals surface area contributed by atoms with Gasteiger partial charge in [-0.15, -0.1) is 5.11 Å². The fraction of sp³-hybridized carbons (Fsp3) is 0. The number of benzene rings is 2. The molecule has 0 radical (unpaired) electrons. The van der Waals surface area contributed by atoms with E-state index < -0.39 is 13.6 Å². The monoisotopic (exact) mass is 288 g/mol. The quantitative estimate of drug-likeness (QED) is 0.686. The summed E-state index contributed by atoms with van der Waals surface area (Å²) in [6.07, 6.45) is 0. The van der Waals surface area contributed by atoms with Crippen molar-refractivity contribution in [2.75, 3.05) is 0 Å². The minimum atomic E-state index is -2.74. The smallest absolute Gasteiger partial charge is 0.351 e. The van der Waals surface area contributed by atoms with Gasteiger partial charge in [0.25, 0.3) is 0 Å². The van der Waals surface area contributed by atoms with Gasteiger partial charge >= 0.3 is 13.6 Å². The molecule has 0 saturated carbocycles. The average Bonchev–Trinajstić information content (AvgIpc) is 2.45. The molecule has 2 aromatic rings. The molecule has 100 valence electrons. The van der Waals surface area contributed by atoms with Crippen LogP contribution in [0.25, 0.3) is 0 Å². The number of rotatable bonds is 4. The fourth-order valence-electron chi connectivity index (χ4n) is 1.49. The summed E-state index contributed by atoms with van der Waals surface area (Å²) in [4.78, 5) is 10.7. The van der Waals surface area contributed by atoms with Crippen molar-refractivity contribution in [2.24, 2.45) is 10.2 Å². The third kappa shape index (κ3) is 3.24. The molecule has 0 aromatic heterocycles. The van der Waals surface area contributed by atoms with Gasteiger partial charge < -0.3 is 5.11 Å². The standard InChI is InChI=1S/C13H9N2O4P/c16-13(17)9-5-7-10(8-6-9)14-15-11-3-1-2-4-12(11)20(18)19/h1-8H,(H,16,17). The van der Waals surface area contributed by atoms with Crippen LogP contribution in [-0.2, 0) is 9.13 Å². The molecule has 0 fully saturated rings. The molecular weight excluding hydrogens is 279 g/mol. The van der Waals surface area contributed by atoms with Gasteiger partial charge in [0, 0.05) is 0 Å². The average molecular weight is 288 g/mol. The van der Waals surface area contributed by atoms with Crippen LogP contribution in [0.3, 0.4) is 0 Å². The summed E-state index contributed by atoms with van der Waals surface area (Å²) in [6.45, 7) is 0. The van der Waals surface area contributed by atoms with E-state index in [1.54, 1.807) is 12.1 Å². The van der Waals surface area contributed by atoms with Gasteiger partial charge in [-0.2, -0.15) is 5.11 Å². The van der Waals surface area contributed by atoms with E-state index in [4.69, 9.17) is 5.11 Å². The minimum absolute atomic E-state index is 0.0911. The topological polar surface area (TPSA) is 96.2 Å². The summed E-state index contributed by atoms with van der Waals surface area (Å²) < 4.78 is 22.0. The lowest BCUT2D eigenvalue weighted by molar-refractivity contribution is 0.0697. The third-order valence-electron chi connectivity index (χ3n) is 2.47. The van der Waals surface area contributed by atoms with Crippen LogP contribution in [-0.4, -0.2) is 11.1 Å². The first-order chi connectivity index (χ1) is 9.58. The Morgan fingerprint density at radius 3 is 2.20 bits per heavy atom. The number of carboxylic acids is 1. The van der Waals surface area contributed by atoms with E-state index in [1.165, 1.54) is 36.4 Å². The van der Waals surface area contributed by atoms with Crippen LogP contribution >= 0.6 is 7.68 Å². The largest absolute Gasteiger partial charge is 0.478 e. The molecule has 0 atom stereocenters. The maximum absolute atomic E-state index is 11.0. The number of carbonyl (C=O) groups is 1. The molecule has 7 heteroatoms. The highest BCUT2D eigenvalue weighted by Gasteiger charge is 2.05. The normalized spacial score (nSPS) is 10.6. The predicted molar refractivity (Wildman–Crippen MR) is 71.9 cm³/mol. The Balaban J connectivity index is 2.28. The minimum Gasteiger partial charge on any atom is -0.478 e. The molecule has 0 unspecified atom stereocenters. The van der Waals surface area contributed by atoms with E-state index in [1.807, 2.05) is 0 Å². The zero-order valence-corrected chi connectivity index (χ0v) is 11.0. The Bertz CT molecular complexity index is 728. The highest BCUT2D eigenvalue weighted by molar-refractivity contribution is 7.41. The summed E-state index contributed by atoms with van der Waals surface area (Å²) in [5.41, 5.74) is 0.823. The van der Waals surface area contributed by atoms with Gasteiger partial charge in [0.15, 0.2) is 0 Å². The Hall–Kier alpha value is -2.59. The van der Waals surface area contributed by atoms with Crippen LogP contribution in [0.2, 0.25) is 0 Å². The van der Waals surface area contributed by atoms with Crippen molar-refractivity contribution in [3.63, 3.8) is 0 Å². The summed E-state index contributed by atoms with van der Waals surface area (Å²) in [7, 11) is -2.74. The van der Waals surface area contributed by atoms with Crippen molar-refractivity contribution in [3.05, 3.63) is 54.1 Å². The van der Waals surface area contributed by atoms with E-state index in [0.29, 0.717) is 5.69 Å². The van der Waals surface area contributed by atoms with Crippen LogP contribution in [0.15, 0.2) is 58.8 Å². The van der Waals surface area contributed by atoms with Crippen LogP contribution in [0.1, 0.15) is 10.4 Å². The molecule has 2 aromatic carbocycles. The van der Waals surface area contributed by atoms with Gasteiger partial charge in [-0.25, -0.2) is 13.9 Å². The number of carboxylic acid groups (broad SMARTS) is 1. The van der Waals surface area contributed by atoms with Gasteiger partial charge in [-0.05, 0) is 36.4 Å². The maximum Gasteiger partial charge on any atom is 0.351 e. The summed E-state index contributed by atoms with van der Waals surface area (Å²) in [6, 6.07) is 12.0. The molecular formula is C13H9N2O4P. The lowest BCUT2D eigenvalue weighted by Crippen LogP contribution is -1.94. The SMILES string of the molecule is O=C(O)c1ccc(N=Nc2ccccc2P(=O)=O)cc1. The molecule has 0 spiro atoms. The second kappa shape index (κ2) is 6.04. The Labute approximate surface area is 114 Å². The summed E-state index contributed by atoms with van der Waals surface area (Å²) in [5, 5.41) is 16.6. The Morgan fingerprint density at radius 2 is 1.60 bits per heavy atom. The van der Waals surface area contributed by atoms with E-state index in [2.05, 4.69) is 10.2 Å². The number of hydrogen-bond donors (Lipinski definition) is 1. The summed E-state index contributed by atoms with van der Waals surface area (Å²) >= 11 is 0. The van der Waals surface area contributed by atoms with E-state index >= 15 is 0 Å². The maximum atomic E-state index is 11.0. The van der Waals surface area contributed by atoms with E-state index in [9.17, 15) is 13.9 Å². The van der Waals surface area contributed by atoms with Crippen LogP contribution < -0.4 is 5.30 Å². The van der Waals surface area contributed by atoms with Crippen molar-refractivity contribution in [1.29, 1.82) is 0 Å². The van der Waals surface area contributed by atoms with Crippen molar-refractivity contribution in [3.8, 4) is 0 Å². The summed E-state index contributed by atoms with van der Waals surface area (Å²) in [5.74, 6) is -1.03. The third-order valence-corrected chi connectivity index (χ3v) is 3.24. The molecule has 0 aliphatic carbocycles. The van der Waals surface area contributed by atoms with Crippen molar-refractivity contribution in [1.82, 2.24) is 0 Å². The zero-order chi connectivity index (χ0) is 14.5. The number of nitrogens with zero attached hydrogens (tertiary/aromatic N) is 2. The lowest BCUT2D eigenvalue weighted by atomic mass is 10.2. The van der Waals surface area contributed by atoms with Gasteiger partial charge in [-0.3, -0.25) is 0 Å². The fourth-order valence-corrected chi connectivity index (χ4v) is 2.00. The highest BCUT2D eigenvalue weighted by atomic mass is 31.1. The van der Waals surface area contributed by atoms with Gasteiger partial charge in [0.1, 0.15) is 11.0 Å². The first-order valence-corrected chi connectivity index (χ1v) is 6.74. The Morgan fingerprint density at radius 1 is 0.950 bits per heavy atom. The van der Waals surface area contributed by atoms with Gasteiger partial charge in [0.05, 0.1) is 11.3 Å². The van der Waals surface area contributed by atoms with Crippen molar-refractivity contribution in [2.45, 2.75) is 0 Å². The first kappa shape index (κ1) is 13.8. The molecule has 2 rings (SSSR count). The second-order valence-corrected chi connectivity index (χ2v) is 4.79. The number of aromatic carboxylic acids is 1. The Kier molecular flexibility index (Phi) is 4.17. The van der Waals surface area contributed by atoms with Crippen molar-refractivity contribution >= 4 is 30.3 Å². The molecule has 0 aliphatic heterocycles.